The van der Waals surface area contributed by atoms with E-state index in [1.807, 2.05) is 0 Å². The summed E-state index contributed by atoms with van der Waals surface area (Å²) in [6, 6.07) is 0. The minimum absolute atomic E-state index is 0.504. The normalized spacial score (nSPS) is 10.1. The van der Waals surface area contributed by atoms with Gasteiger partial charge in [-0.2, -0.15) is 0 Å². The first-order chi connectivity index (χ1) is 3.77. The lowest BCUT2D eigenvalue weighted by Crippen LogP contribution is -1.96. The third-order valence-electron chi connectivity index (χ3n) is 0.594. The third-order valence-corrected chi connectivity index (χ3v) is 0.594. The Morgan fingerprint density at radius 3 is 2.75 bits per heavy atom. The molecule has 3 nitrogen and oxygen atoms in total. The summed E-state index contributed by atoms with van der Waals surface area (Å²) in [6.07, 6.45) is 3.25. The van der Waals surface area contributed by atoms with Gasteiger partial charge in [-0.15, -0.1) is 0 Å². The van der Waals surface area contributed by atoms with Gasteiger partial charge in [-0.3, -0.25) is 0 Å². The van der Waals surface area contributed by atoms with E-state index in [1.54, 1.807) is 0 Å². The van der Waals surface area contributed by atoms with Crippen LogP contribution in [-0.4, -0.2) is 17.6 Å². The van der Waals surface area contributed by atoms with Crippen LogP contribution >= 0.6 is 0 Å². The molecule has 0 rings (SSSR count). The Morgan fingerprint density at radius 1 is 1.75 bits per heavy atom. The fraction of sp³-hybridized carbons (Fsp3) is 0.400. The molecule has 0 aliphatic carbocycles. The molecule has 0 bridgehead atoms. The fourth-order valence-corrected chi connectivity index (χ4v) is 0.280. The number of carboxylic acid groups (broad SMARTS) is 1. The SMILES string of the molecule is NCC/C=C\C(=O)O. The minimum Gasteiger partial charge on any atom is -0.478 e. The van der Waals surface area contributed by atoms with Crippen molar-refractivity contribution in [3.63, 3.8) is 0 Å². The largest absolute Gasteiger partial charge is 0.478 e. The monoisotopic (exact) mass is 115 g/mol. The molecule has 0 aromatic rings. The molecule has 0 heterocycles. The van der Waals surface area contributed by atoms with Gasteiger partial charge >= 0.3 is 5.97 Å². The van der Waals surface area contributed by atoms with Gasteiger partial charge in [-0.1, -0.05) is 6.08 Å². The van der Waals surface area contributed by atoms with Gasteiger partial charge in [-0.05, 0) is 13.0 Å². The van der Waals surface area contributed by atoms with Crippen molar-refractivity contribution in [2.75, 3.05) is 6.54 Å². The van der Waals surface area contributed by atoms with Crippen LogP contribution in [0, 0.1) is 0 Å². The van der Waals surface area contributed by atoms with E-state index in [4.69, 9.17) is 10.8 Å². The van der Waals surface area contributed by atoms with Crippen LogP contribution < -0.4 is 5.73 Å². The predicted molar refractivity (Wildman–Crippen MR) is 30.4 cm³/mol. The zero-order chi connectivity index (χ0) is 6.41. The van der Waals surface area contributed by atoms with Crippen molar-refractivity contribution in [3.05, 3.63) is 12.2 Å². The molecule has 3 N–H and O–H groups in total. The van der Waals surface area contributed by atoms with E-state index in [-0.39, 0.29) is 0 Å². The summed E-state index contributed by atoms with van der Waals surface area (Å²) in [4.78, 5) is 9.75. The summed E-state index contributed by atoms with van der Waals surface area (Å²) in [7, 11) is 0. The Morgan fingerprint density at radius 2 is 2.38 bits per heavy atom. The molecule has 0 aromatic heterocycles. The summed E-state index contributed by atoms with van der Waals surface area (Å²) < 4.78 is 0. The van der Waals surface area contributed by atoms with Crippen LogP contribution in [0.25, 0.3) is 0 Å². The van der Waals surface area contributed by atoms with Crippen LogP contribution in [0.5, 0.6) is 0 Å². The average Bonchev–Trinajstić information content (AvgIpc) is 1.66. The molecular weight excluding hydrogens is 106 g/mol. The van der Waals surface area contributed by atoms with Crippen LogP contribution in [0.2, 0.25) is 0 Å². The Hall–Kier alpha value is -0.830. The van der Waals surface area contributed by atoms with Crippen LogP contribution in [0.15, 0.2) is 12.2 Å². The highest BCUT2D eigenvalue weighted by molar-refractivity contribution is 5.79. The summed E-state index contributed by atoms with van der Waals surface area (Å²) in [5, 5.41) is 8.01. The molecule has 0 aliphatic heterocycles. The molecule has 0 saturated carbocycles. The van der Waals surface area contributed by atoms with E-state index in [1.165, 1.54) is 6.08 Å². The predicted octanol–water partition coefficient (Wildman–Crippen LogP) is -0.0240. The maximum Gasteiger partial charge on any atom is 0.327 e. The van der Waals surface area contributed by atoms with Crippen LogP contribution in [0.3, 0.4) is 0 Å². The standard InChI is InChI=1S/C5H9NO2/c6-4-2-1-3-5(7)8/h1,3H,2,4,6H2,(H,7,8)/b3-1-. The van der Waals surface area contributed by atoms with Crippen LogP contribution in [0.1, 0.15) is 6.42 Å². The molecule has 8 heavy (non-hydrogen) atoms. The Kier molecular flexibility index (Phi) is 3.88. The van der Waals surface area contributed by atoms with Crippen LogP contribution in [-0.2, 0) is 4.79 Å². The third kappa shape index (κ3) is 5.17. The van der Waals surface area contributed by atoms with Gasteiger partial charge in [-0.25, -0.2) is 4.79 Å². The van der Waals surface area contributed by atoms with Gasteiger partial charge in [0.25, 0.3) is 0 Å². The highest BCUT2D eigenvalue weighted by atomic mass is 16.4. The van der Waals surface area contributed by atoms with Crippen molar-refractivity contribution < 1.29 is 9.90 Å². The molecule has 0 unspecified atom stereocenters. The molecule has 0 amide bonds. The highest BCUT2D eigenvalue weighted by Gasteiger charge is 1.81. The Labute approximate surface area is 47.8 Å². The van der Waals surface area contributed by atoms with Crippen molar-refractivity contribution >= 4 is 5.97 Å². The van der Waals surface area contributed by atoms with Crippen molar-refractivity contribution in [2.24, 2.45) is 5.73 Å². The topological polar surface area (TPSA) is 63.3 Å². The first kappa shape index (κ1) is 7.17. The van der Waals surface area contributed by atoms with Gasteiger partial charge in [0.05, 0.1) is 0 Å². The quantitative estimate of drug-likeness (QED) is 0.508. The molecule has 0 radical (unpaired) electrons. The van der Waals surface area contributed by atoms with E-state index in [2.05, 4.69) is 0 Å². The maximum absolute atomic E-state index is 9.75. The van der Waals surface area contributed by atoms with E-state index in [9.17, 15) is 4.79 Å². The van der Waals surface area contributed by atoms with Crippen molar-refractivity contribution in [3.8, 4) is 0 Å². The van der Waals surface area contributed by atoms with Crippen molar-refractivity contribution in [2.45, 2.75) is 6.42 Å². The summed E-state index contributed by atoms with van der Waals surface area (Å²) in [6.45, 7) is 0.504. The lowest BCUT2D eigenvalue weighted by atomic mass is 10.4. The second-order valence-corrected chi connectivity index (χ2v) is 1.32. The number of hydrogen-bond acceptors (Lipinski definition) is 2. The lowest BCUT2D eigenvalue weighted by Gasteiger charge is -1.80. The molecular formula is C5H9NO2. The zero-order valence-electron chi connectivity index (χ0n) is 4.50. The van der Waals surface area contributed by atoms with Crippen molar-refractivity contribution in [1.82, 2.24) is 0 Å². The molecule has 0 spiro atoms. The molecule has 46 valence electrons. The first-order valence-corrected chi connectivity index (χ1v) is 2.37. The van der Waals surface area contributed by atoms with E-state index in [0.29, 0.717) is 13.0 Å². The molecule has 3 heteroatoms. The molecule has 0 saturated heterocycles. The summed E-state index contributed by atoms with van der Waals surface area (Å²) in [5.41, 5.74) is 5.07. The number of rotatable bonds is 3. The lowest BCUT2D eigenvalue weighted by molar-refractivity contribution is -0.131. The van der Waals surface area contributed by atoms with Gasteiger partial charge in [0, 0.05) is 6.08 Å². The number of aliphatic carboxylic acids is 1. The van der Waals surface area contributed by atoms with Crippen LogP contribution in [0.4, 0.5) is 0 Å². The van der Waals surface area contributed by atoms with Gasteiger partial charge in [0.2, 0.25) is 0 Å². The van der Waals surface area contributed by atoms with E-state index >= 15 is 0 Å². The van der Waals surface area contributed by atoms with Gasteiger partial charge in [0.1, 0.15) is 0 Å². The highest BCUT2D eigenvalue weighted by Crippen LogP contribution is 1.77. The number of hydrogen-bond donors (Lipinski definition) is 2. The smallest absolute Gasteiger partial charge is 0.327 e. The van der Waals surface area contributed by atoms with Gasteiger partial charge in [0.15, 0.2) is 0 Å². The summed E-state index contributed by atoms with van der Waals surface area (Å²) >= 11 is 0. The fourth-order valence-electron chi connectivity index (χ4n) is 0.280. The molecule has 0 aromatic carbocycles. The molecule has 0 aliphatic rings. The number of carbonyl (C=O) groups is 1. The average molecular weight is 115 g/mol. The Balaban J connectivity index is 3.20. The second kappa shape index (κ2) is 4.33. The number of nitrogens with two attached hydrogens (primary N) is 1. The minimum atomic E-state index is -0.918. The van der Waals surface area contributed by atoms with Crippen molar-refractivity contribution in [1.29, 1.82) is 0 Å². The zero-order valence-corrected chi connectivity index (χ0v) is 4.50. The molecule has 0 fully saturated rings. The Bertz CT molecular complexity index is 98.6. The number of carboxylic acids is 1. The summed E-state index contributed by atoms with van der Waals surface area (Å²) in [5.74, 6) is -0.918. The molecule has 0 atom stereocenters. The maximum atomic E-state index is 9.75. The van der Waals surface area contributed by atoms with Gasteiger partial charge < -0.3 is 10.8 Å². The van der Waals surface area contributed by atoms with E-state index in [0.717, 1.165) is 6.08 Å². The first-order valence-electron chi connectivity index (χ1n) is 2.37. The van der Waals surface area contributed by atoms with E-state index < -0.39 is 5.97 Å². The second-order valence-electron chi connectivity index (χ2n) is 1.32.